The number of aromatic nitrogens is 4. The Morgan fingerprint density at radius 3 is 2.44 bits per heavy atom. The molecule has 3 aromatic rings. The second-order valence-corrected chi connectivity index (χ2v) is 7.45. The Labute approximate surface area is 186 Å². The summed E-state index contributed by atoms with van der Waals surface area (Å²) in [6.07, 6.45) is -3.91. The van der Waals surface area contributed by atoms with E-state index in [4.69, 9.17) is 16.3 Å². The Bertz CT molecular complexity index is 1110. The van der Waals surface area contributed by atoms with Crippen LogP contribution in [0.3, 0.4) is 0 Å². The van der Waals surface area contributed by atoms with Crippen molar-refractivity contribution in [1.82, 2.24) is 24.9 Å². The van der Waals surface area contributed by atoms with Crippen LogP contribution in [-0.4, -0.2) is 64.1 Å². The molecule has 12 heteroatoms. The highest BCUT2D eigenvalue weighted by Crippen LogP contribution is 2.34. The van der Waals surface area contributed by atoms with Crippen molar-refractivity contribution in [3.63, 3.8) is 0 Å². The summed E-state index contributed by atoms with van der Waals surface area (Å²) in [5, 5.41) is 11.8. The normalized spacial score (nSPS) is 14.5. The monoisotopic (exact) mass is 466 g/mol. The number of halogens is 4. The van der Waals surface area contributed by atoms with Crippen molar-refractivity contribution in [2.24, 2.45) is 0 Å². The maximum atomic E-state index is 13.9. The topological polar surface area (TPSA) is 76.4 Å². The van der Waals surface area contributed by atoms with Crippen LogP contribution in [0.1, 0.15) is 16.1 Å². The number of methoxy groups -OCH3 is 1. The zero-order chi connectivity index (χ0) is 22.9. The van der Waals surface area contributed by atoms with Gasteiger partial charge in [-0.3, -0.25) is 4.79 Å². The van der Waals surface area contributed by atoms with Crippen LogP contribution < -0.4 is 9.64 Å². The Morgan fingerprint density at radius 1 is 1.09 bits per heavy atom. The standard InChI is InChI=1S/C20H18ClF3N6O2/c1-32-17-6-5-16(26-27-17)30-18(20(22,23)24)15(12-25-30)19(31)29-9-7-28(8-10-29)14-4-2-3-13(21)11-14/h2-6,11-12H,7-10H2,1H3. The van der Waals surface area contributed by atoms with Gasteiger partial charge in [-0.05, 0) is 24.3 Å². The molecule has 0 atom stereocenters. The van der Waals surface area contributed by atoms with Crippen LogP contribution >= 0.6 is 11.6 Å². The van der Waals surface area contributed by atoms with E-state index in [2.05, 4.69) is 15.3 Å². The Morgan fingerprint density at radius 2 is 1.84 bits per heavy atom. The molecule has 2 aromatic heterocycles. The molecule has 1 aromatic carbocycles. The van der Waals surface area contributed by atoms with Gasteiger partial charge in [0.05, 0.1) is 18.9 Å². The maximum absolute atomic E-state index is 13.9. The van der Waals surface area contributed by atoms with Gasteiger partial charge in [0.15, 0.2) is 11.5 Å². The molecule has 3 heterocycles. The molecule has 1 amide bonds. The predicted molar refractivity (Wildman–Crippen MR) is 110 cm³/mol. The van der Waals surface area contributed by atoms with E-state index >= 15 is 0 Å². The third kappa shape index (κ3) is 4.33. The van der Waals surface area contributed by atoms with Gasteiger partial charge in [-0.2, -0.15) is 18.3 Å². The Hall–Kier alpha value is -3.34. The fourth-order valence-electron chi connectivity index (χ4n) is 3.50. The number of ether oxygens (including phenoxy) is 1. The molecule has 32 heavy (non-hydrogen) atoms. The number of benzene rings is 1. The SMILES string of the molecule is COc1ccc(-n2ncc(C(=O)N3CCN(c4cccc(Cl)c4)CC3)c2C(F)(F)F)nn1. The number of hydrogen-bond donors (Lipinski definition) is 0. The molecule has 1 aliphatic rings. The maximum Gasteiger partial charge on any atom is 0.434 e. The molecule has 0 N–H and O–H groups in total. The van der Waals surface area contributed by atoms with Crippen LogP contribution in [0.4, 0.5) is 18.9 Å². The van der Waals surface area contributed by atoms with Gasteiger partial charge in [0, 0.05) is 43.0 Å². The van der Waals surface area contributed by atoms with Gasteiger partial charge in [-0.25, -0.2) is 4.68 Å². The van der Waals surface area contributed by atoms with Gasteiger partial charge in [-0.1, -0.05) is 17.7 Å². The number of carbonyl (C=O) groups excluding carboxylic acids is 1. The van der Waals surface area contributed by atoms with Crippen molar-refractivity contribution in [2.75, 3.05) is 38.2 Å². The average Bonchev–Trinajstić information content (AvgIpc) is 3.25. The van der Waals surface area contributed by atoms with Crippen LogP contribution in [0.15, 0.2) is 42.6 Å². The molecule has 0 unspecified atom stereocenters. The third-order valence-electron chi connectivity index (χ3n) is 5.06. The quantitative estimate of drug-likeness (QED) is 0.587. The van der Waals surface area contributed by atoms with Crippen molar-refractivity contribution in [1.29, 1.82) is 0 Å². The van der Waals surface area contributed by atoms with Gasteiger partial charge in [0.1, 0.15) is 0 Å². The number of anilines is 1. The van der Waals surface area contributed by atoms with E-state index in [9.17, 15) is 18.0 Å². The number of carbonyl (C=O) groups is 1. The zero-order valence-electron chi connectivity index (χ0n) is 16.9. The molecule has 1 aliphatic heterocycles. The summed E-state index contributed by atoms with van der Waals surface area (Å²) >= 11 is 6.03. The first kappa shape index (κ1) is 21.9. The first-order valence-corrected chi connectivity index (χ1v) is 9.99. The summed E-state index contributed by atoms with van der Waals surface area (Å²) in [7, 11) is 1.36. The van der Waals surface area contributed by atoms with E-state index in [1.807, 2.05) is 17.0 Å². The van der Waals surface area contributed by atoms with Crippen molar-refractivity contribution in [3.8, 4) is 11.7 Å². The lowest BCUT2D eigenvalue weighted by Crippen LogP contribution is -2.49. The summed E-state index contributed by atoms with van der Waals surface area (Å²) in [6.45, 7) is 1.45. The number of alkyl halides is 3. The molecule has 168 valence electrons. The van der Waals surface area contributed by atoms with Crippen molar-refractivity contribution in [3.05, 3.63) is 58.9 Å². The van der Waals surface area contributed by atoms with Gasteiger partial charge in [-0.15, -0.1) is 10.2 Å². The molecule has 0 saturated carbocycles. The second-order valence-electron chi connectivity index (χ2n) is 7.01. The van der Waals surface area contributed by atoms with Crippen LogP contribution in [0.25, 0.3) is 5.82 Å². The number of amides is 1. The Balaban J connectivity index is 1.57. The molecule has 0 aliphatic carbocycles. The van der Waals surface area contributed by atoms with Crippen LogP contribution in [0.5, 0.6) is 5.88 Å². The van der Waals surface area contributed by atoms with Crippen molar-refractivity contribution >= 4 is 23.2 Å². The molecule has 4 rings (SSSR count). The number of nitrogens with zero attached hydrogens (tertiary/aromatic N) is 6. The minimum absolute atomic E-state index is 0.142. The molecule has 0 radical (unpaired) electrons. The highest BCUT2D eigenvalue weighted by Gasteiger charge is 2.42. The molecular weight excluding hydrogens is 449 g/mol. The van der Waals surface area contributed by atoms with E-state index in [0.717, 1.165) is 11.9 Å². The van der Waals surface area contributed by atoms with Crippen LogP contribution in [0, 0.1) is 0 Å². The minimum Gasteiger partial charge on any atom is -0.480 e. The molecule has 1 saturated heterocycles. The first-order valence-electron chi connectivity index (χ1n) is 9.61. The lowest BCUT2D eigenvalue weighted by molar-refractivity contribution is -0.143. The third-order valence-corrected chi connectivity index (χ3v) is 5.30. The Kier molecular flexibility index (Phi) is 5.92. The first-order chi connectivity index (χ1) is 15.3. The van der Waals surface area contributed by atoms with E-state index in [-0.39, 0.29) is 24.8 Å². The fourth-order valence-corrected chi connectivity index (χ4v) is 3.68. The van der Waals surface area contributed by atoms with E-state index < -0.39 is 23.3 Å². The number of piperazine rings is 1. The van der Waals surface area contributed by atoms with Gasteiger partial charge < -0.3 is 14.5 Å². The molecular formula is C20H18ClF3N6O2. The van der Waals surface area contributed by atoms with E-state index in [1.165, 1.54) is 24.1 Å². The lowest BCUT2D eigenvalue weighted by Gasteiger charge is -2.36. The summed E-state index contributed by atoms with van der Waals surface area (Å²) in [5.74, 6) is -0.776. The van der Waals surface area contributed by atoms with Crippen LogP contribution in [-0.2, 0) is 6.18 Å². The highest BCUT2D eigenvalue weighted by molar-refractivity contribution is 6.30. The average molecular weight is 467 g/mol. The van der Waals surface area contributed by atoms with Gasteiger partial charge >= 0.3 is 6.18 Å². The number of rotatable bonds is 4. The second kappa shape index (κ2) is 8.65. The number of hydrogen-bond acceptors (Lipinski definition) is 6. The van der Waals surface area contributed by atoms with Gasteiger partial charge in [0.25, 0.3) is 5.91 Å². The van der Waals surface area contributed by atoms with Crippen molar-refractivity contribution < 1.29 is 22.7 Å². The van der Waals surface area contributed by atoms with Crippen molar-refractivity contribution in [2.45, 2.75) is 6.18 Å². The van der Waals surface area contributed by atoms with Crippen LogP contribution in [0.2, 0.25) is 5.02 Å². The lowest BCUT2D eigenvalue weighted by atomic mass is 10.1. The summed E-state index contributed by atoms with van der Waals surface area (Å²) in [6, 6.07) is 9.92. The smallest absolute Gasteiger partial charge is 0.434 e. The molecule has 0 bridgehead atoms. The summed E-state index contributed by atoms with van der Waals surface area (Å²) < 4.78 is 47.1. The highest BCUT2D eigenvalue weighted by atomic mass is 35.5. The molecule has 1 fully saturated rings. The predicted octanol–water partition coefficient (Wildman–Crippen LogP) is 3.31. The zero-order valence-corrected chi connectivity index (χ0v) is 17.6. The summed E-state index contributed by atoms with van der Waals surface area (Å²) in [4.78, 5) is 16.4. The fraction of sp³-hybridized carbons (Fsp3) is 0.300. The molecule has 0 spiro atoms. The van der Waals surface area contributed by atoms with E-state index in [1.54, 1.807) is 12.1 Å². The van der Waals surface area contributed by atoms with E-state index in [0.29, 0.717) is 22.8 Å². The minimum atomic E-state index is -4.83. The largest absolute Gasteiger partial charge is 0.480 e. The van der Waals surface area contributed by atoms with Gasteiger partial charge in [0.2, 0.25) is 5.88 Å². The summed E-state index contributed by atoms with van der Waals surface area (Å²) in [5.41, 5.74) is -0.836. The molecule has 8 nitrogen and oxygen atoms in total.